The van der Waals surface area contributed by atoms with E-state index in [4.69, 9.17) is 0 Å². The summed E-state index contributed by atoms with van der Waals surface area (Å²) in [5.41, 5.74) is 0.335. The minimum absolute atomic E-state index is 0.00259. The van der Waals surface area contributed by atoms with Crippen LogP contribution < -0.4 is 0 Å². The molecule has 0 spiro atoms. The van der Waals surface area contributed by atoms with E-state index in [2.05, 4.69) is 20.8 Å². The predicted molar refractivity (Wildman–Crippen MR) is 105 cm³/mol. The molecule has 1 fully saturated rings. The van der Waals surface area contributed by atoms with Crippen LogP contribution in [0, 0.1) is 23.2 Å². The Hall–Kier alpha value is -2.22. The van der Waals surface area contributed by atoms with Crippen molar-refractivity contribution < 1.29 is 9.59 Å². The molecule has 0 aliphatic heterocycles. The second-order valence-electron chi connectivity index (χ2n) is 8.10. The van der Waals surface area contributed by atoms with Gasteiger partial charge in [-0.2, -0.15) is 0 Å². The molecule has 1 aliphatic rings. The summed E-state index contributed by atoms with van der Waals surface area (Å²) in [6.07, 6.45) is 2.64. The second kappa shape index (κ2) is 7.57. The van der Waals surface area contributed by atoms with E-state index in [9.17, 15) is 9.59 Å². The predicted octanol–water partition coefficient (Wildman–Crippen LogP) is 5.83. The van der Waals surface area contributed by atoms with Crippen LogP contribution in [0.4, 0.5) is 0 Å². The molecular weight excluding hydrogens is 320 g/mol. The summed E-state index contributed by atoms with van der Waals surface area (Å²) < 4.78 is 0. The first-order chi connectivity index (χ1) is 12.5. The number of Topliss-reactive ketones (excluding diaryl/α,β-unsaturated/α-hetero) is 2. The maximum atomic E-state index is 13.8. The van der Waals surface area contributed by atoms with E-state index in [1.807, 2.05) is 60.7 Å². The molecule has 2 aromatic carbocycles. The van der Waals surface area contributed by atoms with Crippen LogP contribution in [0.15, 0.2) is 60.7 Å². The van der Waals surface area contributed by atoms with E-state index >= 15 is 0 Å². The molecule has 136 valence electrons. The lowest BCUT2D eigenvalue weighted by atomic mass is 9.54. The van der Waals surface area contributed by atoms with Crippen molar-refractivity contribution in [3.8, 4) is 0 Å². The smallest absolute Gasteiger partial charge is 0.177 e. The SMILES string of the molecule is CC1CCC(C(C)C)C(C(=O)c2ccccc2)(C(=O)c2ccccc2)C1. The first-order valence-electron chi connectivity index (χ1n) is 9.66. The van der Waals surface area contributed by atoms with Crippen LogP contribution in [0.1, 0.15) is 60.7 Å². The van der Waals surface area contributed by atoms with Gasteiger partial charge in [-0.1, -0.05) is 87.9 Å². The Labute approximate surface area is 156 Å². The van der Waals surface area contributed by atoms with Gasteiger partial charge >= 0.3 is 0 Å². The zero-order valence-corrected chi connectivity index (χ0v) is 15.9. The quantitative estimate of drug-likeness (QED) is 0.503. The second-order valence-corrected chi connectivity index (χ2v) is 8.10. The molecule has 2 unspecified atom stereocenters. The summed E-state index contributed by atoms with van der Waals surface area (Å²) in [7, 11) is 0. The number of carbonyl (C=O) groups excluding carboxylic acids is 2. The van der Waals surface area contributed by atoms with E-state index in [0.717, 1.165) is 12.8 Å². The van der Waals surface area contributed by atoms with Crippen LogP contribution in [0.25, 0.3) is 0 Å². The van der Waals surface area contributed by atoms with Crippen LogP contribution in [-0.2, 0) is 0 Å². The van der Waals surface area contributed by atoms with Crippen molar-refractivity contribution >= 4 is 11.6 Å². The van der Waals surface area contributed by atoms with Crippen molar-refractivity contribution in [1.29, 1.82) is 0 Å². The lowest BCUT2D eigenvalue weighted by Crippen LogP contribution is -2.51. The van der Waals surface area contributed by atoms with Gasteiger partial charge in [0.05, 0.1) is 5.41 Å². The van der Waals surface area contributed by atoms with Crippen LogP contribution in [-0.4, -0.2) is 11.6 Å². The fraction of sp³-hybridized carbons (Fsp3) is 0.417. The third-order valence-electron chi connectivity index (χ3n) is 5.96. The molecule has 0 saturated heterocycles. The highest BCUT2D eigenvalue weighted by Gasteiger charge is 2.54. The number of hydrogen-bond donors (Lipinski definition) is 0. The van der Waals surface area contributed by atoms with Crippen LogP contribution >= 0.6 is 0 Å². The third-order valence-corrected chi connectivity index (χ3v) is 5.96. The Kier molecular flexibility index (Phi) is 5.41. The van der Waals surface area contributed by atoms with E-state index in [1.54, 1.807) is 0 Å². The van der Waals surface area contributed by atoms with Crippen molar-refractivity contribution in [2.45, 2.75) is 40.0 Å². The average Bonchev–Trinajstić information content (AvgIpc) is 2.67. The zero-order chi connectivity index (χ0) is 18.7. The van der Waals surface area contributed by atoms with Gasteiger partial charge in [-0.25, -0.2) is 0 Å². The van der Waals surface area contributed by atoms with Crippen molar-refractivity contribution in [3.63, 3.8) is 0 Å². The summed E-state index contributed by atoms with van der Waals surface area (Å²) >= 11 is 0. The van der Waals surface area contributed by atoms with E-state index in [0.29, 0.717) is 23.5 Å². The topological polar surface area (TPSA) is 34.1 Å². The number of ketones is 2. The molecule has 0 N–H and O–H groups in total. The lowest BCUT2D eigenvalue weighted by Gasteiger charge is -2.46. The van der Waals surface area contributed by atoms with Gasteiger partial charge < -0.3 is 0 Å². The molecule has 1 aliphatic carbocycles. The molecule has 0 amide bonds. The molecule has 0 radical (unpaired) electrons. The Morgan fingerprint density at radius 1 is 0.846 bits per heavy atom. The Morgan fingerprint density at radius 2 is 1.31 bits per heavy atom. The van der Waals surface area contributed by atoms with Gasteiger partial charge in [-0.05, 0) is 30.6 Å². The van der Waals surface area contributed by atoms with Crippen LogP contribution in [0.2, 0.25) is 0 Å². The van der Waals surface area contributed by atoms with Crippen molar-refractivity contribution in [3.05, 3.63) is 71.8 Å². The summed E-state index contributed by atoms with van der Waals surface area (Å²) in [6, 6.07) is 18.7. The molecule has 2 heteroatoms. The van der Waals surface area contributed by atoms with Gasteiger partial charge in [-0.15, -0.1) is 0 Å². The molecule has 3 rings (SSSR count). The Morgan fingerprint density at radius 3 is 1.73 bits per heavy atom. The molecule has 0 aromatic heterocycles. The molecule has 2 aromatic rings. The number of hydrogen-bond acceptors (Lipinski definition) is 2. The highest BCUT2D eigenvalue weighted by molar-refractivity contribution is 6.20. The van der Waals surface area contributed by atoms with Gasteiger partial charge in [0.15, 0.2) is 11.6 Å². The monoisotopic (exact) mass is 348 g/mol. The van der Waals surface area contributed by atoms with Gasteiger partial charge in [0.1, 0.15) is 0 Å². The first-order valence-corrected chi connectivity index (χ1v) is 9.66. The van der Waals surface area contributed by atoms with E-state index in [-0.39, 0.29) is 23.4 Å². The molecule has 2 nitrogen and oxygen atoms in total. The zero-order valence-electron chi connectivity index (χ0n) is 15.9. The Bertz CT molecular complexity index is 710. The minimum atomic E-state index is -0.964. The number of benzene rings is 2. The van der Waals surface area contributed by atoms with E-state index < -0.39 is 5.41 Å². The van der Waals surface area contributed by atoms with Gasteiger partial charge in [0.2, 0.25) is 0 Å². The highest BCUT2D eigenvalue weighted by atomic mass is 16.2. The van der Waals surface area contributed by atoms with Crippen LogP contribution in [0.5, 0.6) is 0 Å². The minimum Gasteiger partial charge on any atom is -0.293 e. The molecule has 2 atom stereocenters. The van der Waals surface area contributed by atoms with E-state index in [1.165, 1.54) is 0 Å². The van der Waals surface area contributed by atoms with Crippen molar-refractivity contribution in [1.82, 2.24) is 0 Å². The van der Waals surface area contributed by atoms with Gasteiger partial charge in [0.25, 0.3) is 0 Å². The maximum Gasteiger partial charge on any atom is 0.177 e. The summed E-state index contributed by atoms with van der Waals surface area (Å²) in [5.74, 6) is 0.710. The standard InChI is InChI=1S/C24H28O2/c1-17(2)21-15-14-18(3)16-24(21,22(25)19-10-6-4-7-11-19)23(26)20-12-8-5-9-13-20/h4-13,17-18,21H,14-16H2,1-3H3. The number of carbonyl (C=O) groups is 2. The highest BCUT2D eigenvalue weighted by Crippen LogP contribution is 2.51. The largest absolute Gasteiger partial charge is 0.293 e. The fourth-order valence-corrected chi connectivity index (χ4v) is 4.74. The van der Waals surface area contributed by atoms with Gasteiger partial charge in [-0.3, -0.25) is 9.59 Å². The summed E-state index contributed by atoms with van der Waals surface area (Å²) in [5, 5.41) is 0. The average molecular weight is 348 g/mol. The van der Waals surface area contributed by atoms with Crippen LogP contribution in [0.3, 0.4) is 0 Å². The molecule has 26 heavy (non-hydrogen) atoms. The first kappa shape index (κ1) is 18.6. The van der Waals surface area contributed by atoms with Crippen molar-refractivity contribution in [2.24, 2.45) is 23.2 Å². The molecule has 0 heterocycles. The summed E-state index contributed by atoms with van der Waals surface area (Å²) in [4.78, 5) is 27.6. The molecule has 1 saturated carbocycles. The fourth-order valence-electron chi connectivity index (χ4n) is 4.74. The Balaban J connectivity index is 2.17. The maximum absolute atomic E-state index is 13.8. The summed E-state index contributed by atoms with van der Waals surface area (Å²) in [6.45, 7) is 6.46. The molecular formula is C24H28O2. The normalized spacial score (nSPS) is 22.2. The van der Waals surface area contributed by atoms with Gasteiger partial charge in [0, 0.05) is 11.1 Å². The lowest BCUT2D eigenvalue weighted by molar-refractivity contribution is 0.0268. The molecule has 0 bridgehead atoms. The third kappa shape index (κ3) is 3.25. The number of rotatable bonds is 5. The van der Waals surface area contributed by atoms with Crippen molar-refractivity contribution in [2.75, 3.05) is 0 Å².